The normalized spacial score (nSPS) is 17.8. The van der Waals surface area contributed by atoms with Crippen LogP contribution in [-0.4, -0.2) is 15.4 Å². The fourth-order valence-corrected chi connectivity index (χ4v) is 3.33. The molecule has 17 heavy (non-hydrogen) atoms. The van der Waals surface area contributed by atoms with Gasteiger partial charge in [0.25, 0.3) is 0 Å². The minimum atomic E-state index is 0.638. The summed E-state index contributed by atoms with van der Waals surface area (Å²) < 4.78 is 2.28. The van der Waals surface area contributed by atoms with Crippen LogP contribution in [0.2, 0.25) is 0 Å². The van der Waals surface area contributed by atoms with Crippen molar-refractivity contribution in [2.75, 3.05) is 0 Å². The van der Waals surface area contributed by atoms with Gasteiger partial charge in [0.2, 0.25) is 0 Å². The van der Waals surface area contributed by atoms with Gasteiger partial charge >= 0.3 is 0 Å². The Bertz CT molecular complexity index is 536. The molecular formula is C13H19N3S. The molecule has 0 radical (unpaired) electrons. The van der Waals surface area contributed by atoms with Crippen LogP contribution in [0.3, 0.4) is 0 Å². The van der Waals surface area contributed by atoms with Crippen molar-refractivity contribution in [3.05, 3.63) is 22.5 Å². The van der Waals surface area contributed by atoms with E-state index in [4.69, 9.17) is 0 Å². The molecule has 2 heterocycles. The second-order valence-corrected chi connectivity index (χ2v) is 5.98. The molecule has 1 aliphatic rings. The van der Waals surface area contributed by atoms with E-state index in [0.717, 1.165) is 23.1 Å². The van der Waals surface area contributed by atoms with Gasteiger partial charge in [0.15, 0.2) is 4.96 Å². The molecule has 3 rings (SSSR count). The molecule has 4 heteroatoms. The molecule has 0 aliphatic heterocycles. The number of aryl methyl sites for hydroxylation is 2. The molecule has 1 atom stereocenters. The summed E-state index contributed by atoms with van der Waals surface area (Å²) in [5, 5.41) is 5.82. The summed E-state index contributed by atoms with van der Waals surface area (Å²) >= 11 is 1.73. The maximum absolute atomic E-state index is 4.61. The molecule has 3 nitrogen and oxygen atoms in total. The SMILES string of the molecule is Cc1nc2scc(C)n2c1CNC(C)C1CC1. The number of aromatic nitrogens is 2. The molecule has 0 aromatic carbocycles. The highest BCUT2D eigenvalue weighted by Gasteiger charge is 2.27. The molecule has 92 valence electrons. The van der Waals surface area contributed by atoms with Gasteiger partial charge < -0.3 is 5.32 Å². The summed E-state index contributed by atoms with van der Waals surface area (Å²) in [6, 6.07) is 0.638. The fourth-order valence-electron chi connectivity index (χ4n) is 2.40. The lowest BCUT2D eigenvalue weighted by molar-refractivity contribution is 0.490. The number of rotatable bonds is 4. The highest BCUT2D eigenvalue weighted by molar-refractivity contribution is 7.15. The van der Waals surface area contributed by atoms with Gasteiger partial charge in [-0.3, -0.25) is 4.40 Å². The molecule has 0 saturated heterocycles. The molecule has 0 amide bonds. The molecule has 2 aromatic rings. The van der Waals surface area contributed by atoms with E-state index in [-0.39, 0.29) is 0 Å². The molecular weight excluding hydrogens is 230 g/mol. The van der Waals surface area contributed by atoms with E-state index >= 15 is 0 Å². The van der Waals surface area contributed by atoms with Crippen LogP contribution in [0.1, 0.15) is 36.8 Å². The summed E-state index contributed by atoms with van der Waals surface area (Å²) in [5.74, 6) is 0.905. The van der Waals surface area contributed by atoms with Crippen LogP contribution in [-0.2, 0) is 6.54 Å². The molecule has 0 bridgehead atoms. The average molecular weight is 249 g/mol. The monoisotopic (exact) mass is 249 g/mol. The Labute approximate surface area is 106 Å². The standard InChI is InChI=1S/C13H19N3S/c1-8-7-17-13-15-10(3)12(16(8)13)6-14-9(2)11-4-5-11/h7,9,11,14H,4-6H2,1-3H3. The van der Waals surface area contributed by atoms with E-state index in [9.17, 15) is 0 Å². The second-order valence-electron chi connectivity index (χ2n) is 5.15. The number of nitrogens with zero attached hydrogens (tertiary/aromatic N) is 2. The number of thiazole rings is 1. The third-order valence-corrected chi connectivity index (χ3v) is 4.69. The van der Waals surface area contributed by atoms with Crippen molar-refractivity contribution in [1.82, 2.24) is 14.7 Å². The van der Waals surface area contributed by atoms with Crippen LogP contribution in [0.4, 0.5) is 0 Å². The molecule has 1 unspecified atom stereocenters. The molecule has 0 spiro atoms. The maximum Gasteiger partial charge on any atom is 0.194 e. The second kappa shape index (κ2) is 4.10. The topological polar surface area (TPSA) is 29.3 Å². The summed E-state index contributed by atoms with van der Waals surface area (Å²) in [6.07, 6.45) is 2.79. The molecule has 1 fully saturated rings. The zero-order valence-corrected chi connectivity index (χ0v) is 11.5. The average Bonchev–Trinajstić information content (AvgIpc) is 3.02. The number of fused-ring (bicyclic) bond motifs is 1. The maximum atomic E-state index is 4.61. The first kappa shape index (κ1) is 11.2. The molecule has 2 aromatic heterocycles. The Morgan fingerprint density at radius 3 is 3.00 bits per heavy atom. The number of nitrogens with one attached hydrogen (secondary N) is 1. The summed E-state index contributed by atoms with van der Waals surface area (Å²) in [4.78, 5) is 5.74. The van der Waals surface area contributed by atoms with Crippen LogP contribution < -0.4 is 5.32 Å². The van der Waals surface area contributed by atoms with Crippen molar-refractivity contribution in [1.29, 1.82) is 0 Å². The fraction of sp³-hybridized carbons (Fsp3) is 0.615. The van der Waals surface area contributed by atoms with Crippen molar-refractivity contribution in [3.63, 3.8) is 0 Å². The summed E-state index contributed by atoms with van der Waals surface area (Å²) in [7, 11) is 0. The zero-order valence-electron chi connectivity index (χ0n) is 10.7. The van der Waals surface area contributed by atoms with E-state index in [0.29, 0.717) is 6.04 Å². The van der Waals surface area contributed by atoms with Gasteiger partial charge in [0.05, 0.1) is 11.4 Å². The van der Waals surface area contributed by atoms with E-state index in [1.165, 1.54) is 24.2 Å². The molecule has 1 N–H and O–H groups in total. The van der Waals surface area contributed by atoms with E-state index < -0.39 is 0 Å². The number of imidazole rings is 1. The highest BCUT2D eigenvalue weighted by atomic mass is 32.1. The van der Waals surface area contributed by atoms with E-state index in [2.05, 4.69) is 40.9 Å². The Morgan fingerprint density at radius 1 is 1.53 bits per heavy atom. The minimum Gasteiger partial charge on any atom is -0.308 e. The lowest BCUT2D eigenvalue weighted by atomic mass is 10.2. The molecule has 1 saturated carbocycles. The van der Waals surface area contributed by atoms with Gasteiger partial charge in [-0.05, 0) is 39.5 Å². The number of hydrogen-bond acceptors (Lipinski definition) is 3. The van der Waals surface area contributed by atoms with Crippen molar-refractivity contribution in [2.45, 2.75) is 46.2 Å². The van der Waals surface area contributed by atoms with Crippen LogP contribution in [0.25, 0.3) is 4.96 Å². The van der Waals surface area contributed by atoms with Crippen LogP contribution in [0.15, 0.2) is 5.38 Å². The minimum absolute atomic E-state index is 0.638. The van der Waals surface area contributed by atoms with Crippen molar-refractivity contribution >= 4 is 16.3 Å². The Morgan fingerprint density at radius 2 is 2.29 bits per heavy atom. The highest BCUT2D eigenvalue weighted by Crippen LogP contribution is 2.32. The quantitative estimate of drug-likeness (QED) is 0.903. The van der Waals surface area contributed by atoms with Gasteiger partial charge in [0.1, 0.15) is 0 Å². The number of hydrogen-bond donors (Lipinski definition) is 1. The van der Waals surface area contributed by atoms with Crippen LogP contribution in [0, 0.1) is 19.8 Å². The predicted octanol–water partition coefficient (Wildman–Crippen LogP) is 2.90. The van der Waals surface area contributed by atoms with Crippen molar-refractivity contribution in [3.8, 4) is 0 Å². The van der Waals surface area contributed by atoms with Crippen molar-refractivity contribution in [2.24, 2.45) is 5.92 Å². The lowest BCUT2D eigenvalue weighted by Gasteiger charge is -2.12. The zero-order chi connectivity index (χ0) is 12.0. The summed E-state index contributed by atoms with van der Waals surface area (Å²) in [6.45, 7) is 7.49. The van der Waals surface area contributed by atoms with Gasteiger partial charge in [-0.15, -0.1) is 11.3 Å². The van der Waals surface area contributed by atoms with E-state index in [1.807, 2.05) is 0 Å². The predicted molar refractivity (Wildman–Crippen MR) is 71.6 cm³/mol. The van der Waals surface area contributed by atoms with Gasteiger partial charge in [-0.1, -0.05) is 0 Å². The summed E-state index contributed by atoms with van der Waals surface area (Å²) in [5.41, 5.74) is 3.78. The third kappa shape index (κ3) is 2.00. The largest absolute Gasteiger partial charge is 0.308 e. The first-order valence-electron chi connectivity index (χ1n) is 6.32. The smallest absolute Gasteiger partial charge is 0.194 e. The first-order valence-corrected chi connectivity index (χ1v) is 7.20. The Balaban J connectivity index is 1.82. The Kier molecular flexibility index (Phi) is 2.71. The van der Waals surface area contributed by atoms with Crippen molar-refractivity contribution < 1.29 is 0 Å². The van der Waals surface area contributed by atoms with Gasteiger partial charge in [-0.25, -0.2) is 4.98 Å². The van der Waals surface area contributed by atoms with E-state index in [1.54, 1.807) is 11.3 Å². The van der Waals surface area contributed by atoms with Crippen LogP contribution in [0.5, 0.6) is 0 Å². The molecule has 1 aliphatic carbocycles. The van der Waals surface area contributed by atoms with Gasteiger partial charge in [0, 0.05) is 23.7 Å². The van der Waals surface area contributed by atoms with Crippen LogP contribution >= 0.6 is 11.3 Å². The lowest BCUT2D eigenvalue weighted by Crippen LogP contribution is -2.28. The first-order chi connectivity index (χ1) is 8.16. The third-order valence-electron chi connectivity index (χ3n) is 3.75. The van der Waals surface area contributed by atoms with Gasteiger partial charge in [-0.2, -0.15) is 0 Å². The Hall–Kier alpha value is -0.870.